The third kappa shape index (κ3) is 6.36. The Morgan fingerprint density at radius 2 is 0.808 bits per heavy atom. The molecule has 2 aromatic carbocycles. The van der Waals surface area contributed by atoms with Gasteiger partial charge < -0.3 is 10.2 Å². The number of hydrogen-bond donors (Lipinski definition) is 2. The molecule has 0 radical (unpaired) electrons. The summed E-state index contributed by atoms with van der Waals surface area (Å²) >= 11 is 0. The quantitative estimate of drug-likeness (QED) is 0.759. The van der Waals surface area contributed by atoms with Crippen LogP contribution in [0.3, 0.4) is 0 Å². The van der Waals surface area contributed by atoms with Crippen molar-refractivity contribution in [1.82, 2.24) is 0 Å². The van der Waals surface area contributed by atoms with E-state index in [2.05, 4.69) is 41.5 Å². The summed E-state index contributed by atoms with van der Waals surface area (Å²) in [6, 6.07) is 14.0. The lowest BCUT2D eigenvalue weighted by Gasteiger charge is -2.18. The van der Waals surface area contributed by atoms with Gasteiger partial charge in [-0.1, -0.05) is 65.8 Å². The van der Waals surface area contributed by atoms with E-state index in [9.17, 15) is 9.59 Å². The van der Waals surface area contributed by atoms with Crippen LogP contribution in [0.4, 0.5) is 0 Å². The summed E-state index contributed by atoms with van der Waals surface area (Å²) in [5.74, 6) is -1.75. The fourth-order valence-electron chi connectivity index (χ4n) is 2.23. The van der Waals surface area contributed by atoms with E-state index in [0.717, 1.165) is 11.1 Å². The zero-order valence-corrected chi connectivity index (χ0v) is 16.3. The van der Waals surface area contributed by atoms with E-state index in [0.29, 0.717) is 11.1 Å². The highest BCUT2D eigenvalue weighted by Crippen LogP contribution is 2.22. The topological polar surface area (TPSA) is 74.6 Å². The summed E-state index contributed by atoms with van der Waals surface area (Å²) in [6.07, 6.45) is 0. The Balaban J connectivity index is 0.000000260. The number of hydrogen-bond acceptors (Lipinski definition) is 2. The largest absolute Gasteiger partial charge is 0.478 e. The molecule has 0 unspecified atom stereocenters. The maximum absolute atomic E-state index is 10.6. The first-order valence-corrected chi connectivity index (χ1v) is 8.50. The Kier molecular flexibility index (Phi) is 6.73. The highest BCUT2D eigenvalue weighted by molar-refractivity contribution is 5.88. The molecular formula is C22H28O4. The molecule has 0 fully saturated rings. The maximum Gasteiger partial charge on any atom is 0.335 e. The van der Waals surface area contributed by atoms with Crippen LogP contribution < -0.4 is 0 Å². The lowest BCUT2D eigenvalue weighted by Crippen LogP contribution is -2.11. The zero-order chi connectivity index (χ0) is 20.1. The highest BCUT2D eigenvalue weighted by atomic mass is 16.4. The van der Waals surface area contributed by atoms with Crippen molar-refractivity contribution in [1.29, 1.82) is 0 Å². The van der Waals surface area contributed by atoms with Gasteiger partial charge in [0, 0.05) is 0 Å². The third-order valence-corrected chi connectivity index (χ3v) is 4.00. The minimum absolute atomic E-state index is 0.0804. The van der Waals surface area contributed by atoms with Gasteiger partial charge in [0.15, 0.2) is 0 Å². The summed E-state index contributed by atoms with van der Waals surface area (Å²) in [4.78, 5) is 21.1. The number of rotatable bonds is 2. The van der Waals surface area contributed by atoms with Crippen molar-refractivity contribution in [3.8, 4) is 0 Å². The molecule has 0 aliphatic rings. The van der Waals surface area contributed by atoms with E-state index in [4.69, 9.17) is 10.2 Å². The Bertz CT molecular complexity index is 675. The Morgan fingerprint density at radius 3 is 0.962 bits per heavy atom. The Labute approximate surface area is 155 Å². The summed E-state index contributed by atoms with van der Waals surface area (Å²) < 4.78 is 0. The van der Waals surface area contributed by atoms with Crippen LogP contribution in [0.25, 0.3) is 0 Å². The molecule has 0 saturated carbocycles. The molecule has 0 bridgehead atoms. The average Bonchev–Trinajstić information content (AvgIpc) is 2.54. The average molecular weight is 356 g/mol. The van der Waals surface area contributed by atoms with Crippen LogP contribution in [0.15, 0.2) is 48.5 Å². The molecule has 0 spiro atoms. The van der Waals surface area contributed by atoms with Crippen molar-refractivity contribution in [3.05, 3.63) is 70.8 Å². The molecule has 0 aliphatic carbocycles. The Hall–Kier alpha value is -2.62. The second-order valence-corrected chi connectivity index (χ2v) is 8.27. The van der Waals surface area contributed by atoms with Crippen LogP contribution in [-0.2, 0) is 10.8 Å². The zero-order valence-electron chi connectivity index (χ0n) is 16.3. The first-order chi connectivity index (χ1) is 11.8. The second kappa shape index (κ2) is 8.17. The van der Waals surface area contributed by atoms with Crippen molar-refractivity contribution in [2.45, 2.75) is 52.4 Å². The fourth-order valence-corrected chi connectivity index (χ4v) is 2.23. The van der Waals surface area contributed by atoms with Gasteiger partial charge >= 0.3 is 11.9 Å². The first kappa shape index (κ1) is 21.4. The van der Waals surface area contributed by atoms with E-state index in [1.165, 1.54) is 0 Å². The molecule has 26 heavy (non-hydrogen) atoms. The van der Waals surface area contributed by atoms with Crippen LogP contribution in [0, 0.1) is 0 Å². The van der Waals surface area contributed by atoms with Crippen LogP contribution in [0.5, 0.6) is 0 Å². The van der Waals surface area contributed by atoms with Crippen molar-refractivity contribution in [3.63, 3.8) is 0 Å². The first-order valence-electron chi connectivity index (χ1n) is 8.50. The van der Waals surface area contributed by atoms with Crippen molar-refractivity contribution < 1.29 is 19.8 Å². The van der Waals surface area contributed by atoms with Crippen molar-refractivity contribution in [2.75, 3.05) is 0 Å². The van der Waals surface area contributed by atoms with Gasteiger partial charge in [0.25, 0.3) is 0 Å². The Morgan fingerprint density at radius 1 is 0.577 bits per heavy atom. The van der Waals surface area contributed by atoms with Gasteiger partial charge in [-0.25, -0.2) is 9.59 Å². The molecule has 140 valence electrons. The van der Waals surface area contributed by atoms with E-state index in [1.807, 2.05) is 24.3 Å². The number of carbonyl (C=O) groups is 2. The number of benzene rings is 2. The number of aromatic carboxylic acids is 2. The van der Waals surface area contributed by atoms with Gasteiger partial charge in [0.1, 0.15) is 0 Å². The van der Waals surface area contributed by atoms with Crippen molar-refractivity contribution in [2.24, 2.45) is 0 Å². The van der Waals surface area contributed by atoms with Crippen LogP contribution >= 0.6 is 0 Å². The molecule has 0 aliphatic heterocycles. The predicted molar refractivity (Wildman–Crippen MR) is 104 cm³/mol. The molecule has 0 heterocycles. The number of carboxylic acids is 2. The standard InChI is InChI=1S/2C11H14O2/c2*1-11(2,3)9-6-4-8(5-7-9)10(12)13/h2*4-7H,1-3H3,(H,12,13). The lowest BCUT2D eigenvalue weighted by molar-refractivity contribution is 0.0686. The molecule has 0 amide bonds. The van der Waals surface area contributed by atoms with Crippen molar-refractivity contribution >= 4 is 11.9 Å². The molecule has 0 atom stereocenters. The monoisotopic (exact) mass is 356 g/mol. The van der Waals surface area contributed by atoms with Gasteiger partial charge in [-0.2, -0.15) is 0 Å². The summed E-state index contributed by atoms with van der Waals surface area (Å²) in [6.45, 7) is 12.6. The van der Waals surface area contributed by atoms with E-state index in [1.54, 1.807) is 24.3 Å². The normalized spacial score (nSPS) is 11.3. The van der Waals surface area contributed by atoms with Gasteiger partial charge in [0.05, 0.1) is 11.1 Å². The second-order valence-electron chi connectivity index (χ2n) is 8.27. The van der Waals surface area contributed by atoms with Crippen LogP contribution in [0.2, 0.25) is 0 Å². The fraction of sp³-hybridized carbons (Fsp3) is 0.364. The molecule has 4 heteroatoms. The third-order valence-electron chi connectivity index (χ3n) is 4.00. The highest BCUT2D eigenvalue weighted by Gasteiger charge is 2.14. The molecule has 2 aromatic rings. The molecular weight excluding hydrogens is 328 g/mol. The van der Waals surface area contributed by atoms with E-state index < -0.39 is 11.9 Å². The van der Waals surface area contributed by atoms with Gasteiger partial charge in [-0.15, -0.1) is 0 Å². The SMILES string of the molecule is CC(C)(C)c1ccc(C(=O)O)cc1.CC(C)(C)c1ccc(C(=O)O)cc1. The van der Waals surface area contributed by atoms with Crippen LogP contribution in [0.1, 0.15) is 73.4 Å². The minimum atomic E-state index is -0.875. The maximum atomic E-state index is 10.6. The molecule has 4 nitrogen and oxygen atoms in total. The van der Waals surface area contributed by atoms with Gasteiger partial charge in [-0.05, 0) is 46.2 Å². The molecule has 2 N–H and O–H groups in total. The summed E-state index contributed by atoms with van der Waals surface area (Å²) in [5.41, 5.74) is 3.14. The number of carboxylic acid groups (broad SMARTS) is 2. The van der Waals surface area contributed by atoms with Gasteiger partial charge in [-0.3, -0.25) is 0 Å². The van der Waals surface area contributed by atoms with E-state index in [-0.39, 0.29) is 10.8 Å². The smallest absolute Gasteiger partial charge is 0.335 e. The molecule has 2 rings (SSSR count). The van der Waals surface area contributed by atoms with Gasteiger partial charge in [0.2, 0.25) is 0 Å². The van der Waals surface area contributed by atoms with E-state index >= 15 is 0 Å². The summed E-state index contributed by atoms with van der Waals surface area (Å²) in [5, 5.41) is 17.4. The molecule has 0 aromatic heterocycles. The lowest BCUT2D eigenvalue weighted by atomic mass is 9.87. The molecule has 0 saturated heterocycles. The van der Waals surface area contributed by atoms with Crippen LogP contribution in [-0.4, -0.2) is 22.2 Å². The summed E-state index contributed by atoms with van der Waals surface area (Å²) in [7, 11) is 0. The predicted octanol–water partition coefficient (Wildman–Crippen LogP) is 5.36. The minimum Gasteiger partial charge on any atom is -0.478 e.